The van der Waals surface area contributed by atoms with Crippen molar-refractivity contribution in [2.75, 3.05) is 13.2 Å². The van der Waals surface area contributed by atoms with Crippen molar-refractivity contribution >= 4 is 0 Å². The van der Waals surface area contributed by atoms with Gasteiger partial charge in [-0.05, 0) is 30.9 Å². The maximum absolute atomic E-state index is 9.31. The van der Waals surface area contributed by atoms with E-state index in [2.05, 4.69) is 17.4 Å². The molecule has 0 amide bonds. The highest BCUT2D eigenvalue weighted by molar-refractivity contribution is 5.15. The molecular formula is C14H21NO. The van der Waals surface area contributed by atoms with Gasteiger partial charge < -0.3 is 10.4 Å². The maximum Gasteiger partial charge on any atom is 0.0587 e. The Morgan fingerprint density at radius 2 is 2.00 bits per heavy atom. The fourth-order valence-corrected chi connectivity index (χ4v) is 2.00. The minimum absolute atomic E-state index is 0.209. The van der Waals surface area contributed by atoms with Crippen LogP contribution in [-0.2, 0) is 6.42 Å². The summed E-state index contributed by atoms with van der Waals surface area (Å²) in [5.41, 5.74) is 1.29. The third kappa shape index (κ3) is 3.95. The standard InChI is InChI=1S/C14H21NO/c16-11-14(15-9-8-12-6-7-12)10-13-4-2-1-3-5-13/h1-5,12,14-16H,6-11H2. The Labute approximate surface area is 97.7 Å². The minimum Gasteiger partial charge on any atom is -0.395 e. The quantitative estimate of drug-likeness (QED) is 0.735. The van der Waals surface area contributed by atoms with Gasteiger partial charge in [-0.3, -0.25) is 0 Å². The van der Waals surface area contributed by atoms with Crippen LogP contribution in [0.2, 0.25) is 0 Å². The summed E-state index contributed by atoms with van der Waals surface area (Å²) in [6, 6.07) is 10.6. The Morgan fingerprint density at radius 3 is 2.62 bits per heavy atom. The Hall–Kier alpha value is -0.860. The average molecular weight is 219 g/mol. The summed E-state index contributed by atoms with van der Waals surface area (Å²) in [7, 11) is 0. The lowest BCUT2D eigenvalue weighted by Gasteiger charge is -2.16. The van der Waals surface area contributed by atoms with Gasteiger partial charge >= 0.3 is 0 Å². The van der Waals surface area contributed by atoms with Crippen molar-refractivity contribution < 1.29 is 5.11 Å². The Morgan fingerprint density at radius 1 is 1.25 bits per heavy atom. The minimum atomic E-state index is 0.209. The lowest BCUT2D eigenvalue weighted by Crippen LogP contribution is -2.35. The number of benzene rings is 1. The van der Waals surface area contributed by atoms with Crippen LogP contribution in [0.4, 0.5) is 0 Å². The molecule has 1 aliphatic rings. The molecule has 2 heteroatoms. The maximum atomic E-state index is 9.31. The number of nitrogens with one attached hydrogen (secondary N) is 1. The van der Waals surface area contributed by atoms with Gasteiger partial charge in [0.05, 0.1) is 6.61 Å². The summed E-state index contributed by atoms with van der Waals surface area (Å²) in [4.78, 5) is 0. The average Bonchev–Trinajstić information content (AvgIpc) is 3.13. The van der Waals surface area contributed by atoms with Crippen LogP contribution in [0.25, 0.3) is 0 Å². The van der Waals surface area contributed by atoms with Gasteiger partial charge in [-0.25, -0.2) is 0 Å². The molecule has 2 rings (SSSR count). The number of aliphatic hydroxyl groups excluding tert-OH is 1. The van der Waals surface area contributed by atoms with E-state index in [-0.39, 0.29) is 12.6 Å². The highest BCUT2D eigenvalue weighted by Gasteiger charge is 2.20. The molecule has 1 saturated carbocycles. The normalized spacial score (nSPS) is 17.3. The fourth-order valence-electron chi connectivity index (χ4n) is 2.00. The van der Waals surface area contributed by atoms with Gasteiger partial charge in [-0.2, -0.15) is 0 Å². The fraction of sp³-hybridized carbons (Fsp3) is 0.571. The molecule has 1 aromatic rings. The van der Waals surface area contributed by atoms with Gasteiger partial charge in [0.25, 0.3) is 0 Å². The van der Waals surface area contributed by atoms with Crippen molar-refractivity contribution in [3.8, 4) is 0 Å². The van der Waals surface area contributed by atoms with Gasteiger partial charge in [0, 0.05) is 6.04 Å². The second-order valence-electron chi connectivity index (χ2n) is 4.76. The lowest BCUT2D eigenvalue weighted by molar-refractivity contribution is 0.241. The van der Waals surface area contributed by atoms with E-state index in [4.69, 9.17) is 0 Å². The van der Waals surface area contributed by atoms with E-state index in [1.165, 1.54) is 24.8 Å². The van der Waals surface area contributed by atoms with E-state index in [0.29, 0.717) is 0 Å². The molecule has 2 N–H and O–H groups in total. The van der Waals surface area contributed by atoms with Crippen molar-refractivity contribution in [3.63, 3.8) is 0 Å². The first kappa shape index (κ1) is 11.6. The van der Waals surface area contributed by atoms with E-state index in [1.807, 2.05) is 18.2 Å². The molecule has 1 aromatic carbocycles. The Bertz CT molecular complexity index is 295. The second-order valence-corrected chi connectivity index (χ2v) is 4.76. The monoisotopic (exact) mass is 219 g/mol. The van der Waals surface area contributed by atoms with E-state index in [9.17, 15) is 5.11 Å². The van der Waals surface area contributed by atoms with Gasteiger partial charge in [0.1, 0.15) is 0 Å². The molecule has 1 fully saturated rings. The Kier molecular flexibility index (Phi) is 4.37. The van der Waals surface area contributed by atoms with Gasteiger partial charge in [0.2, 0.25) is 0 Å². The van der Waals surface area contributed by atoms with Crippen molar-refractivity contribution in [2.45, 2.75) is 31.7 Å². The van der Waals surface area contributed by atoms with Crippen LogP contribution in [0.15, 0.2) is 30.3 Å². The first-order valence-electron chi connectivity index (χ1n) is 6.26. The smallest absolute Gasteiger partial charge is 0.0587 e. The summed E-state index contributed by atoms with van der Waals surface area (Å²) in [6.45, 7) is 1.27. The zero-order valence-corrected chi connectivity index (χ0v) is 9.73. The lowest BCUT2D eigenvalue weighted by atomic mass is 10.1. The van der Waals surface area contributed by atoms with Crippen molar-refractivity contribution in [3.05, 3.63) is 35.9 Å². The molecule has 0 bridgehead atoms. The van der Waals surface area contributed by atoms with E-state index in [0.717, 1.165) is 18.9 Å². The third-order valence-corrected chi connectivity index (χ3v) is 3.23. The summed E-state index contributed by atoms with van der Waals surface area (Å²) < 4.78 is 0. The molecule has 0 aromatic heterocycles. The first-order valence-corrected chi connectivity index (χ1v) is 6.26. The summed E-state index contributed by atoms with van der Waals surface area (Å²) >= 11 is 0. The van der Waals surface area contributed by atoms with Crippen LogP contribution in [0.3, 0.4) is 0 Å². The van der Waals surface area contributed by atoms with Crippen LogP contribution in [-0.4, -0.2) is 24.3 Å². The molecule has 16 heavy (non-hydrogen) atoms. The first-order chi connectivity index (χ1) is 7.88. The van der Waals surface area contributed by atoms with Crippen LogP contribution >= 0.6 is 0 Å². The topological polar surface area (TPSA) is 32.3 Å². The number of hydrogen-bond acceptors (Lipinski definition) is 2. The van der Waals surface area contributed by atoms with Crippen LogP contribution < -0.4 is 5.32 Å². The molecule has 0 heterocycles. The van der Waals surface area contributed by atoms with Crippen molar-refractivity contribution in [1.29, 1.82) is 0 Å². The van der Waals surface area contributed by atoms with Crippen LogP contribution in [0.1, 0.15) is 24.8 Å². The summed E-state index contributed by atoms with van der Waals surface area (Å²) in [5, 5.41) is 12.7. The molecule has 0 radical (unpaired) electrons. The van der Waals surface area contributed by atoms with Crippen molar-refractivity contribution in [1.82, 2.24) is 5.32 Å². The molecule has 2 nitrogen and oxygen atoms in total. The zero-order chi connectivity index (χ0) is 11.2. The number of hydrogen-bond donors (Lipinski definition) is 2. The summed E-state index contributed by atoms with van der Waals surface area (Å²) in [5.74, 6) is 0.962. The highest BCUT2D eigenvalue weighted by Crippen LogP contribution is 2.31. The Balaban J connectivity index is 1.71. The molecule has 88 valence electrons. The van der Waals surface area contributed by atoms with Gasteiger partial charge in [-0.15, -0.1) is 0 Å². The van der Waals surface area contributed by atoms with E-state index in [1.54, 1.807) is 0 Å². The molecule has 0 spiro atoms. The number of aliphatic hydroxyl groups is 1. The molecule has 1 aliphatic carbocycles. The largest absolute Gasteiger partial charge is 0.395 e. The molecule has 0 saturated heterocycles. The third-order valence-electron chi connectivity index (χ3n) is 3.23. The second kappa shape index (κ2) is 6.02. The van der Waals surface area contributed by atoms with Gasteiger partial charge in [0.15, 0.2) is 0 Å². The SMILES string of the molecule is OCC(Cc1ccccc1)NCCC1CC1. The van der Waals surface area contributed by atoms with Crippen molar-refractivity contribution in [2.24, 2.45) is 5.92 Å². The van der Waals surface area contributed by atoms with E-state index < -0.39 is 0 Å². The predicted molar refractivity (Wildman–Crippen MR) is 66.4 cm³/mol. The zero-order valence-electron chi connectivity index (χ0n) is 9.73. The van der Waals surface area contributed by atoms with Gasteiger partial charge in [-0.1, -0.05) is 43.2 Å². The van der Waals surface area contributed by atoms with E-state index >= 15 is 0 Å². The van der Waals surface area contributed by atoms with Crippen LogP contribution in [0, 0.1) is 5.92 Å². The molecular weight excluding hydrogens is 198 g/mol. The highest BCUT2D eigenvalue weighted by atomic mass is 16.3. The predicted octanol–water partition coefficient (Wildman–Crippen LogP) is 1.98. The molecule has 1 atom stereocenters. The number of rotatable bonds is 7. The molecule has 0 aliphatic heterocycles. The molecule has 1 unspecified atom stereocenters. The summed E-state index contributed by atoms with van der Waals surface area (Å²) in [6.07, 6.45) is 5.00. The van der Waals surface area contributed by atoms with Crippen LogP contribution in [0.5, 0.6) is 0 Å².